The van der Waals surface area contributed by atoms with E-state index >= 15 is 0 Å². The van der Waals surface area contributed by atoms with Crippen molar-refractivity contribution in [2.45, 2.75) is 25.3 Å². The summed E-state index contributed by atoms with van der Waals surface area (Å²) in [6, 6.07) is 4.15. The number of hydrogen-bond acceptors (Lipinski definition) is 2. The van der Waals surface area contributed by atoms with Crippen LogP contribution in [0.2, 0.25) is 0 Å². The van der Waals surface area contributed by atoms with E-state index in [1.165, 1.54) is 19.3 Å². The van der Waals surface area contributed by atoms with Gasteiger partial charge in [0.25, 0.3) is 0 Å². The lowest BCUT2D eigenvalue weighted by atomic mass is 9.79. The molecule has 1 aromatic heterocycles. The molecule has 1 aromatic rings. The lowest BCUT2D eigenvalue weighted by molar-refractivity contribution is 0.261. The van der Waals surface area contributed by atoms with E-state index in [9.17, 15) is 0 Å². The molecule has 0 amide bonds. The average molecular weight is 241 g/mol. The van der Waals surface area contributed by atoms with Gasteiger partial charge >= 0.3 is 0 Å². The summed E-state index contributed by atoms with van der Waals surface area (Å²) in [6.45, 7) is 0. The quantitative estimate of drug-likeness (QED) is 0.864. The lowest BCUT2D eigenvalue weighted by Crippen LogP contribution is -2.27. The molecule has 0 unspecified atom stereocenters. The molecule has 1 atom stereocenters. The normalized spacial score (nSPS) is 19.5. The first kappa shape index (κ1) is 9.16. The first-order valence-corrected chi connectivity index (χ1v) is 5.43. The molecule has 2 N–H and O–H groups in total. The van der Waals surface area contributed by atoms with Crippen molar-refractivity contribution in [2.24, 2.45) is 11.7 Å². The van der Waals surface area contributed by atoms with Crippen LogP contribution in [0.4, 0.5) is 0 Å². The van der Waals surface area contributed by atoms with Gasteiger partial charge in [0, 0.05) is 16.7 Å². The van der Waals surface area contributed by atoms with Gasteiger partial charge in [0.2, 0.25) is 0 Å². The van der Waals surface area contributed by atoms with Crippen LogP contribution < -0.4 is 5.73 Å². The van der Waals surface area contributed by atoms with Crippen molar-refractivity contribution in [2.75, 3.05) is 0 Å². The van der Waals surface area contributed by atoms with E-state index in [0.717, 1.165) is 10.2 Å². The molecule has 1 heterocycles. The zero-order valence-electron chi connectivity index (χ0n) is 7.41. The fraction of sp³-hybridized carbons (Fsp3) is 0.500. The molecule has 0 radical (unpaired) electrons. The number of aromatic nitrogens is 1. The Morgan fingerprint density at radius 1 is 1.46 bits per heavy atom. The van der Waals surface area contributed by atoms with Gasteiger partial charge in [-0.05, 0) is 46.8 Å². The van der Waals surface area contributed by atoms with Gasteiger partial charge in [0.1, 0.15) is 0 Å². The third kappa shape index (κ3) is 1.92. The van der Waals surface area contributed by atoms with Crippen LogP contribution in [0.5, 0.6) is 0 Å². The predicted octanol–water partition coefficient (Wildman–Crippen LogP) is 2.64. The molecule has 70 valence electrons. The predicted molar refractivity (Wildman–Crippen MR) is 56.2 cm³/mol. The molecule has 0 aliphatic heterocycles. The van der Waals surface area contributed by atoms with Crippen LogP contribution in [-0.4, -0.2) is 4.98 Å². The second kappa shape index (κ2) is 3.76. The molecule has 1 saturated carbocycles. The summed E-state index contributed by atoms with van der Waals surface area (Å²) in [5.74, 6) is 0.661. The minimum atomic E-state index is 0.141. The monoisotopic (exact) mass is 240 g/mol. The van der Waals surface area contributed by atoms with Gasteiger partial charge in [-0.15, -0.1) is 0 Å². The van der Waals surface area contributed by atoms with Crippen molar-refractivity contribution >= 4 is 15.9 Å². The molecule has 1 aliphatic carbocycles. The maximum absolute atomic E-state index is 6.07. The fourth-order valence-electron chi connectivity index (χ4n) is 1.62. The zero-order valence-corrected chi connectivity index (χ0v) is 9.00. The summed E-state index contributed by atoms with van der Waals surface area (Å²) < 4.78 is 1.01. The van der Waals surface area contributed by atoms with Crippen LogP contribution in [0.3, 0.4) is 0 Å². The summed E-state index contributed by atoms with van der Waals surface area (Å²) in [5, 5.41) is 0. The minimum absolute atomic E-state index is 0.141. The molecular formula is C10H13BrN2. The molecule has 0 aromatic carbocycles. The van der Waals surface area contributed by atoms with Crippen LogP contribution in [0.25, 0.3) is 0 Å². The molecule has 13 heavy (non-hydrogen) atoms. The summed E-state index contributed by atoms with van der Waals surface area (Å²) in [7, 11) is 0. The van der Waals surface area contributed by atoms with Crippen LogP contribution in [0, 0.1) is 5.92 Å². The van der Waals surface area contributed by atoms with Crippen LogP contribution in [-0.2, 0) is 0 Å². The van der Waals surface area contributed by atoms with E-state index in [1.807, 2.05) is 18.3 Å². The highest BCUT2D eigenvalue weighted by Gasteiger charge is 2.26. The minimum Gasteiger partial charge on any atom is -0.322 e. The number of pyridine rings is 1. The highest BCUT2D eigenvalue weighted by molar-refractivity contribution is 9.10. The first-order valence-electron chi connectivity index (χ1n) is 4.64. The smallest absolute Gasteiger partial charge is 0.0574 e. The molecule has 3 heteroatoms. The van der Waals surface area contributed by atoms with E-state index in [2.05, 4.69) is 20.9 Å². The van der Waals surface area contributed by atoms with Crippen LogP contribution >= 0.6 is 15.9 Å². The van der Waals surface area contributed by atoms with Gasteiger partial charge in [-0.2, -0.15) is 0 Å². The SMILES string of the molecule is N[C@H](c1ccc(Br)cn1)C1CCC1. The number of nitrogens with two attached hydrogens (primary N) is 1. The van der Waals surface area contributed by atoms with E-state index in [1.54, 1.807) is 0 Å². The lowest BCUT2D eigenvalue weighted by Gasteiger charge is -2.30. The number of halogens is 1. The maximum Gasteiger partial charge on any atom is 0.0574 e. The molecule has 2 rings (SSSR count). The third-order valence-corrected chi connectivity index (χ3v) is 3.22. The number of hydrogen-bond donors (Lipinski definition) is 1. The van der Waals surface area contributed by atoms with Crippen molar-refractivity contribution in [3.8, 4) is 0 Å². The van der Waals surface area contributed by atoms with Gasteiger partial charge < -0.3 is 5.73 Å². The second-order valence-electron chi connectivity index (χ2n) is 3.62. The zero-order chi connectivity index (χ0) is 9.26. The molecule has 1 aliphatic rings. The van der Waals surface area contributed by atoms with E-state index in [-0.39, 0.29) is 6.04 Å². The Morgan fingerprint density at radius 2 is 2.23 bits per heavy atom. The third-order valence-electron chi connectivity index (χ3n) is 2.75. The van der Waals surface area contributed by atoms with Gasteiger partial charge in [-0.3, -0.25) is 4.98 Å². The Bertz CT molecular complexity index is 279. The molecule has 0 bridgehead atoms. The van der Waals surface area contributed by atoms with E-state index in [4.69, 9.17) is 5.73 Å². The molecular weight excluding hydrogens is 228 g/mol. The van der Waals surface area contributed by atoms with Crippen molar-refractivity contribution < 1.29 is 0 Å². The number of rotatable bonds is 2. The summed E-state index contributed by atoms with van der Waals surface area (Å²) >= 11 is 3.36. The summed E-state index contributed by atoms with van der Waals surface area (Å²) in [4.78, 5) is 4.31. The van der Waals surface area contributed by atoms with Crippen molar-refractivity contribution in [1.82, 2.24) is 4.98 Å². The fourth-order valence-corrected chi connectivity index (χ4v) is 1.86. The molecule has 0 spiro atoms. The van der Waals surface area contributed by atoms with Gasteiger partial charge in [0.15, 0.2) is 0 Å². The van der Waals surface area contributed by atoms with E-state index in [0.29, 0.717) is 5.92 Å². The highest BCUT2D eigenvalue weighted by Crippen LogP contribution is 2.35. The Labute approximate surface area is 86.7 Å². The maximum atomic E-state index is 6.07. The van der Waals surface area contributed by atoms with Crippen molar-refractivity contribution in [3.05, 3.63) is 28.5 Å². The van der Waals surface area contributed by atoms with Gasteiger partial charge in [0.05, 0.1) is 5.69 Å². The standard InChI is InChI=1S/C10H13BrN2/c11-8-4-5-9(13-6-8)10(12)7-2-1-3-7/h4-7,10H,1-3,12H2/t10-/m0/s1. The Balaban J connectivity index is 2.10. The number of nitrogens with zero attached hydrogens (tertiary/aromatic N) is 1. The van der Waals surface area contributed by atoms with Crippen molar-refractivity contribution in [1.29, 1.82) is 0 Å². The summed E-state index contributed by atoms with van der Waals surface area (Å²) in [5.41, 5.74) is 7.09. The Kier molecular flexibility index (Phi) is 2.65. The molecule has 1 fully saturated rings. The van der Waals surface area contributed by atoms with Crippen LogP contribution in [0.1, 0.15) is 31.0 Å². The van der Waals surface area contributed by atoms with Gasteiger partial charge in [-0.25, -0.2) is 0 Å². The topological polar surface area (TPSA) is 38.9 Å². The van der Waals surface area contributed by atoms with E-state index < -0.39 is 0 Å². The Hall–Kier alpha value is -0.410. The molecule has 2 nitrogen and oxygen atoms in total. The summed E-state index contributed by atoms with van der Waals surface area (Å²) in [6.07, 6.45) is 5.67. The largest absolute Gasteiger partial charge is 0.322 e. The van der Waals surface area contributed by atoms with Crippen LogP contribution in [0.15, 0.2) is 22.8 Å². The molecule has 0 saturated heterocycles. The first-order chi connectivity index (χ1) is 6.27. The second-order valence-corrected chi connectivity index (χ2v) is 4.53. The van der Waals surface area contributed by atoms with Gasteiger partial charge in [-0.1, -0.05) is 6.42 Å². The highest BCUT2D eigenvalue weighted by atomic mass is 79.9. The Morgan fingerprint density at radius 3 is 2.69 bits per heavy atom. The average Bonchev–Trinajstić information content (AvgIpc) is 2.02. The van der Waals surface area contributed by atoms with Crippen molar-refractivity contribution in [3.63, 3.8) is 0 Å².